The molecule has 34 heavy (non-hydrogen) atoms. The second-order valence-corrected chi connectivity index (χ2v) is 10.8. The minimum Gasteiger partial charge on any atom is -0.492 e. The first-order valence-corrected chi connectivity index (χ1v) is 12.8. The second kappa shape index (κ2) is 9.60. The lowest BCUT2D eigenvalue weighted by atomic mass is 10.1. The van der Waals surface area contributed by atoms with Crippen LogP contribution in [0, 0.1) is 20.8 Å². The van der Waals surface area contributed by atoms with Gasteiger partial charge in [0.25, 0.3) is 0 Å². The van der Waals surface area contributed by atoms with Gasteiger partial charge in [0.15, 0.2) is 0 Å². The smallest absolute Gasteiger partial charge is 0.243 e. The van der Waals surface area contributed by atoms with E-state index in [1.54, 1.807) is 24.0 Å². The molecule has 0 atom stereocenters. The molecule has 1 aliphatic rings. The molecule has 178 valence electrons. The number of carbonyl (C=O) groups is 1. The molecule has 0 unspecified atom stereocenters. The fourth-order valence-electron chi connectivity index (χ4n) is 4.25. The van der Waals surface area contributed by atoms with Gasteiger partial charge in [-0.25, -0.2) is 8.42 Å². The van der Waals surface area contributed by atoms with Crippen molar-refractivity contribution >= 4 is 21.6 Å². The van der Waals surface area contributed by atoms with Crippen LogP contribution < -0.4 is 9.64 Å². The molecule has 1 amide bonds. The Balaban J connectivity index is 1.62. The molecule has 1 aliphatic heterocycles. The van der Waals surface area contributed by atoms with Gasteiger partial charge in [-0.1, -0.05) is 29.8 Å². The number of sulfonamides is 1. The van der Waals surface area contributed by atoms with E-state index in [9.17, 15) is 13.2 Å². The van der Waals surface area contributed by atoms with Crippen LogP contribution in [0.2, 0.25) is 0 Å². The minimum absolute atomic E-state index is 0.0610. The van der Waals surface area contributed by atoms with Crippen LogP contribution in [0.3, 0.4) is 0 Å². The van der Waals surface area contributed by atoms with Crippen LogP contribution in [-0.2, 0) is 27.9 Å². The van der Waals surface area contributed by atoms with Crippen LogP contribution in [0.5, 0.6) is 5.75 Å². The van der Waals surface area contributed by atoms with Crippen LogP contribution >= 0.6 is 0 Å². The van der Waals surface area contributed by atoms with E-state index in [4.69, 9.17) is 4.74 Å². The maximum Gasteiger partial charge on any atom is 0.243 e. The van der Waals surface area contributed by atoms with Gasteiger partial charge < -0.3 is 9.64 Å². The van der Waals surface area contributed by atoms with Crippen molar-refractivity contribution in [3.05, 3.63) is 88.5 Å². The number of nitrogens with zero attached hydrogens (tertiary/aromatic N) is 2. The summed E-state index contributed by atoms with van der Waals surface area (Å²) < 4.78 is 34.2. The summed E-state index contributed by atoms with van der Waals surface area (Å²) in [7, 11) is -3.68. The molecule has 0 saturated carbocycles. The van der Waals surface area contributed by atoms with Crippen molar-refractivity contribution in [2.75, 3.05) is 18.1 Å². The maximum absolute atomic E-state index is 13.4. The highest BCUT2D eigenvalue weighted by molar-refractivity contribution is 7.89. The van der Waals surface area contributed by atoms with Gasteiger partial charge in [0.05, 0.1) is 11.4 Å². The Hall–Kier alpha value is -3.16. The predicted octanol–water partition coefficient (Wildman–Crippen LogP) is 4.75. The molecule has 3 aromatic rings. The molecule has 0 spiro atoms. The number of benzene rings is 3. The quantitative estimate of drug-likeness (QED) is 0.531. The topological polar surface area (TPSA) is 66.9 Å². The third-order valence-electron chi connectivity index (χ3n) is 5.97. The van der Waals surface area contributed by atoms with Crippen molar-refractivity contribution in [1.29, 1.82) is 0 Å². The molecule has 7 heteroatoms. The molecule has 0 radical (unpaired) electrons. The van der Waals surface area contributed by atoms with Crippen molar-refractivity contribution in [2.24, 2.45) is 0 Å². The van der Waals surface area contributed by atoms with E-state index in [2.05, 4.69) is 0 Å². The van der Waals surface area contributed by atoms with Crippen LogP contribution in [-0.4, -0.2) is 31.8 Å². The Kier molecular flexibility index (Phi) is 6.77. The first-order valence-electron chi connectivity index (χ1n) is 11.3. The minimum atomic E-state index is -3.68. The monoisotopic (exact) mass is 478 g/mol. The highest BCUT2D eigenvalue weighted by Gasteiger charge is 2.28. The standard InChI is InChI=1S/C27H30N2O4S/c1-19-5-8-25(9-6-19)29(22(4)30)17-23-7-10-27-24(16-23)18-28(11-12-33-27)34(31,32)26-14-20(2)13-21(3)15-26/h5-10,13-16H,11-12,17-18H2,1-4H3. The molecule has 0 saturated heterocycles. The van der Waals surface area contributed by atoms with E-state index in [0.717, 1.165) is 33.5 Å². The summed E-state index contributed by atoms with van der Waals surface area (Å²) in [5.41, 5.74) is 5.46. The molecule has 0 aromatic heterocycles. The molecule has 0 fully saturated rings. The highest BCUT2D eigenvalue weighted by atomic mass is 32.2. The molecule has 1 heterocycles. The molecular formula is C27H30N2O4S. The average molecular weight is 479 g/mol. The molecule has 0 N–H and O–H groups in total. The second-order valence-electron chi connectivity index (χ2n) is 8.89. The van der Waals surface area contributed by atoms with Gasteiger partial charge in [0.2, 0.25) is 15.9 Å². The summed E-state index contributed by atoms with van der Waals surface area (Å²) in [5, 5.41) is 0. The normalized spacial score (nSPS) is 14.1. The third-order valence-corrected chi connectivity index (χ3v) is 7.79. The third kappa shape index (κ3) is 5.16. The summed E-state index contributed by atoms with van der Waals surface area (Å²) in [6.45, 7) is 8.49. The highest BCUT2D eigenvalue weighted by Crippen LogP contribution is 2.29. The van der Waals surface area contributed by atoms with E-state index >= 15 is 0 Å². The summed E-state index contributed by atoms with van der Waals surface area (Å²) >= 11 is 0. The molecular weight excluding hydrogens is 448 g/mol. The molecule has 3 aromatic carbocycles. The summed E-state index contributed by atoms with van der Waals surface area (Å²) in [6.07, 6.45) is 0. The SMILES string of the molecule is CC(=O)N(Cc1ccc2c(c1)CN(S(=O)(=O)c1cc(C)cc(C)c1)CCO2)c1ccc(C)cc1. The molecule has 0 bridgehead atoms. The number of fused-ring (bicyclic) bond motifs is 1. The zero-order valence-corrected chi connectivity index (χ0v) is 20.9. The predicted molar refractivity (Wildman–Crippen MR) is 133 cm³/mol. The van der Waals surface area contributed by atoms with Crippen molar-refractivity contribution in [1.82, 2.24) is 4.31 Å². The number of ether oxygens (including phenoxy) is 1. The zero-order valence-electron chi connectivity index (χ0n) is 20.0. The number of rotatable bonds is 5. The van der Waals surface area contributed by atoms with Gasteiger partial charge in [0.1, 0.15) is 12.4 Å². The maximum atomic E-state index is 13.4. The Morgan fingerprint density at radius 3 is 2.26 bits per heavy atom. The molecule has 4 rings (SSSR count). The Morgan fingerprint density at radius 2 is 1.62 bits per heavy atom. The first-order chi connectivity index (χ1) is 16.1. The van der Waals surface area contributed by atoms with Crippen LogP contribution in [0.15, 0.2) is 65.6 Å². The lowest BCUT2D eigenvalue weighted by Gasteiger charge is -2.23. The van der Waals surface area contributed by atoms with Gasteiger partial charge in [-0.3, -0.25) is 4.79 Å². The largest absolute Gasteiger partial charge is 0.492 e. The number of carbonyl (C=O) groups excluding carboxylic acids is 1. The molecule has 6 nitrogen and oxygen atoms in total. The number of aryl methyl sites for hydroxylation is 3. The Morgan fingerprint density at radius 1 is 0.941 bits per heavy atom. The van der Waals surface area contributed by atoms with Crippen LogP contribution in [0.4, 0.5) is 5.69 Å². The summed E-state index contributed by atoms with van der Waals surface area (Å²) in [4.78, 5) is 14.4. The van der Waals surface area contributed by atoms with E-state index in [-0.39, 0.29) is 25.6 Å². The lowest BCUT2D eigenvalue weighted by molar-refractivity contribution is -0.116. The summed E-state index contributed by atoms with van der Waals surface area (Å²) in [5.74, 6) is 0.612. The van der Waals surface area contributed by atoms with Crippen molar-refractivity contribution in [3.63, 3.8) is 0 Å². The number of hydrogen-bond acceptors (Lipinski definition) is 4. The Bertz CT molecular complexity index is 1300. The van der Waals surface area contributed by atoms with Crippen molar-refractivity contribution < 1.29 is 17.9 Å². The van der Waals surface area contributed by atoms with E-state index in [1.807, 2.05) is 69.3 Å². The number of anilines is 1. The van der Waals surface area contributed by atoms with Crippen LogP contribution in [0.25, 0.3) is 0 Å². The Labute approximate surface area is 201 Å². The number of hydrogen-bond donors (Lipinski definition) is 0. The van der Waals surface area contributed by atoms with Gasteiger partial charge in [0, 0.05) is 31.3 Å². The van der Waals surface area contributed by atoms with Gasteiger partial charge >= 0.3 is 0 Å². The van der Waals surface area contributed by atoms with Crippen molar-refractivity contribution in [2.45, 2.75) is 45.7 Å². The molecule has 0 aliphatic carbocycles. The van der Waals surface area contributed by atoms with Crippen LogP contribution in [0.1, 0.15) is 34.7 Å². The van der Waals surface area contributed by atoms with Gasteiger partial charge in [-0.2, -0.15) is 4.31 Å². The van der Waals surface area contributed by atoms with E-state index in [0.29, 0.717) is 17.2 Å². The van der Waals surface area contributed by atoms with E-state index < -0.39 is 10.0 Å². The average Bonchev–Trinajstić information content (AvgIpc) is 3.00. The van der Waals surface area contributed by atoms with Gasteiger partial charge in [-0.05, 0) is 73.9 Å². The lowest BCUT2D eigenvalue weighted by Crippen LogP contribution is -2.32. The number of amides is 1. The van der Waals surface area contributed by atoms with E-state index in [1.165, 1.54) is 4.31 Å². The fourth-order valence-corrected chi connectivity index (χ4v) is 5.84. The summed E-state index contributed by atoms with van der Waals surface area (Å²) in [6, 6.07) is 18.9. The fraction of sp³-hybridized carbons (Fsp3) is 0.296. The first kappa shape index (κ1) is 24.0. The zero-order chi connectivity index (χ0) is 24.5. The van der Waals surface area contributed by atoms with Crippen molar-refractivity contribution in [3.8, 4) is 5.75 Å². The van der Waals surface area contributed by atoms with Gasteiger partial charge in [-0.15, -0.1) is 0 Å².